The van der Waals surface area contributed by atoms with Gasteiger partial charge in [0.1, 0.15) is 18.1 Å². The van der Waals surface area contributed by atoms with Crippen molar-refractivity contribution >= 4 is 17.9 Å². The molecule has 1 aromatic heterocycles. The van der Waals surface area contributed by atoms with Gasteiger partial charge in [-0.2, -0.15) is 0 Å². The molecule has 0 N–H and O–H groups in total. The molecule has 0 fully saturated rings. The lowest BCUT2D eigenvalue weighted by atomic mass is 10.0. The monoisotopic (exact) mass is 347 g/mol. The first-order chi connectivity index (χ1) is 11.6. The number of benzene rings is 1. The van der Waals surface area contributed by atoms with E-state index >= 15 is 0 Å². The van der Waals surface area contributed by atoms with Crippen LogP contribution in [0.3, 0.4) is 0 Å². The summed E-state index contributed by atoms with van der Waals surface area (Å²) in [5.74, 6) is 1.39. The SMILES string of the molecule is Cc1cc(OCCC(C)Oc2ccc(Cl)cn2)ccc1CCC=O. The molecule has 1 unspecified atom stereocenters. The van der Waals surface area contributed by atoms with Crippen LogP contribution in [0.25, 0.3) is 0 Å². The van der Waals surface area contributed by atoms with Crippen LogP contribution in [0.1, 0.15) is 30.9 Å². The summed E-state index contributed by atoms with van der Waals surface area (Å²) in [6.07, 6.45) is 4.57. The number of pyridine rings is 1. The fraction of sp³-hybridized carbons (Fsp3) is 0.368. The number of aldehydes is 1. The van der Waals surface area contributed by atoms with Gasteiger partial charge in [0.2, 0.25) is 5.88 Å². The molecule has 5 heteroatoms. The van der Waals surface area contributed by atoms with E-state index in [-0.39, 0.29) is 6.10 Å². The first-order valence-electron chi connectivity index (χ1n) is 8.02. The highest BCUT2D eigenvalue weighted by Gasteiger charge is 2.06. The van der Waals surface area contributed by atoms with Crippen LogP contribution in [-0.2, 0) is 11.2 Å². The zero-order valence-corrected chi connectivity index (χ0v) is 14.8. The van der Waals surface area contributed by atoms with E-state index in [9.17, 15) is 4.79 Å². The Labute approximate surface area is 147 Å². The maximum atomic E-state index is 10.5. The molecule has 1 heterocycles. The molecule has 0 radical (unpaired) electrons. The lowest BCUT2D eigenvalue weighted by Gasteiger charge is -2.15. The van der Waals surface area contributed by atoms with Crippen molar-refractivity contribution in [3.8, 4) is 11.6 Å². The van der Waals surface area contributed by atoms with E-state index in [1.54, 1.807) is 18.3 Å². The van der Waals surface area contributed by atoms with Gasteiger partial charge in [-0.05, 0) is 49.6 Å². The number of aryl methyl sites for hydroxylation is 2. The number of ether oxygens (including phenoxy) is 2. The molecule has 0 saturated heterocycles. The van der Waals surface area contributed by atoms with Crippen molar-refractivity contribution in [2.45, 2.75) is 39.2 Å². The minimum Gasteiger partial charge on any atom is -0.493 e. The van der Waals surface area contributed by atoms with E-state index in [4.69, 9.17) is 21.1 Å². The first kappa shape index (κ1) is 18.3. The number of carbonyl (C=O) groups is 1. The Morgan fingerprint density at radius 3 is 2.79 bits per heavy atom. The van der Waals surface area contributed by atoms with E-state index in [2.05, 4.69) is 4.98 Å². The maximum absolute atomic E-state index is 10.5. The third-order valence-electron chi connectivity index (χ3n) is 3.66. The van der Waals surface area contributed by atoms with Gasteiger partial charge in [0.05, 0.1) is 11.6 Å². The fourth-order valence-electron chi connectivity index (χ4n) is 2.29. The molecule has 0 spiro atoms. The number of carbonyl (C=O) groups excluding carboxylic acids is 1. The number of halogens is 1. The second kappa shape index (κ2) is 9.28. The van der Waals surface area contributed by atoms with Crippen molar-refractivity contribution in [1.29, 1.82) is 0 Å². The number of hydrogen-bond donors (Lipinski definition) is 0. The summed E-state index contributed by atoms with van der Waals surface area (Å²) in [7, 11) is 0. The summed E-state index contributed by atoms with van der Waals surface area (Å²) in [5, 5.41) is 0.588. The average molecular weight is 348 g/mol. The summed E-state index contributed by atoms with van der Waals surface area (Å²) in [6, 6.07) is 9.47. The van der Waals surface area contributed by atoms with E-state index in [0.29, 0.717) is 23.9 Å². The van der Waals surface area contributed by atoms with Crippen LogP contribution in [-0.4, -0.2) is 24.0 Å². The van der Waals surface area contributed by atoms with Gasteiger partial charge in [-0.25, -0.2) is 4.98 Å². The van der Waals surface area contributed by atoms with E-state index in [1.807, 2.05) is 32.0 Å². The Morgan fingerprint density at radius 1 is 1.29 bits per heavy atom. The zero-order valence-electron chi connectivity index (χ0n) is 14.0. The minimum absolute atomic E-state index is 0.00774. The number of hydrogen-bond acceptors (Lipinski definition) is 4. The Hall–Kier alpha value is -2.07. The van der Waals surface area contributed by atoms with Gasteiger partial charge in [0.25, 0.3) is 0 Å². The molecule has 0 saturated carbocycles. The molecular weight excluding hydrogens is 326 g/mol. The number of aromatic nitrogens is 1. The van der Waals surface area contributed by atoms with Gasteiger partial charge in [-0.15, -0.1) is 0 Å². The molecule has 128 valence electrons. The lowest BCUT2D eigenvalue weighted by Crippen LogP contribution is -2.16. The topological polar surface area (TPSA) is 48.4 Å². The van der Waals surface area contributed by atoms with Crippen molar-refractivity contribution in [2.75, 3.05) is 6.61 Å². The van der Waals surface area contributed by atoms with Crippen LogP contribution in [0.5, 0.6) is 11.6 Å². The van der Waals surface area contributed by atoms with Crippen LogP contribution in [0.4, 0.5) is 0 Å². The van der Waals surface area contributed by atoms with E-state index in [0.717, 1.165) is 30.4 Å². The molecule has 24 heavy (non-hydrogen) atoms. The quantitative estimate of drug-likeness (QED) is 0.630. The van der Waals surface area contributed by atoms with Crippen LogP contribution < -0.4 is 9.47 Å². The molecule has 0 amide bonds. The van der Waals surface area contributed by atoms with Gasteiger partial charge >= 0.3 is 0 Å². The summed E-state index contributed by atoms with van der Waals surface area (Å²) in [5.41, 5.74) is 2.32. The average Bonchev–Trinajstić information content (AvgIpc) is 2.56. The lowest BCUT2D eigenvalue weighted by molar-refractivity contribution is -0.107. The Kier molecular flexibility index (Phi) is 7.07. The van der Waals surface area contributed by atoms with E-state index < -0.39 is 0 Å². The highest BCUT2D eigenvalue weighted by molar-refractivity contribution is 6.30. The molecule has 4 nitrogen and oxygen atoms in total. The second-order valence-corrected chi connectivity index (χ2v) is 6.11. The third-order valence-corrected chi connectivity index (χ3v) is 3.88. The summed E-state index contributed by atoms with van der Waals surface area (Å²) in [4.78, 5) is 14.6. The Bertz CT molecular complexity index is 658. The summed E-state index contributed by atoms with van der Waals surface area (Å²) in [6.45, 7) is 4.57. The van der Waals surface area contributed by atoms with Crippen molar-refractivity contribution in [3.63, 3.8) is 0 Å². The minimum atomic E-state index is -0.00774. The number of nitrogens with zero attached hydrogens (tertiary/aromatic N) is 1. The fourth-order valence-corrected chi connectivity index (χ4v) is 2.40. The van der Waals surface area contributed by atoms with Crippen molar-refractivity contribution in [3.05, 3.63) is 52.7 Å². The molecule has 1 aromatic carbocycles. The molecule has 2 rings (SSSR count). The smallest absolute Gasteiger partial charge is 0.213 e. The summed E-state index contributed by atoms with van der Waals surface area (Å²) < 4.78 is 11.5. The summed E-state index contributed by atoms with van der Waals surface area (Å²) >= 11 is 5.80. The number of rotatable bonds is 9. The van der Waals surface area contributed by atoms with Crippen LogP contribution >= 0.6 is 11.6 Å². The van der Waals surface area contributed by atoms with Crippen molar-refractivity contribution in [2.24, 2.45) is 0 Å². The van der Waals surface area contributed by atoms with Crippen molar-refractivity contribution < 1.29 is 14.3 Å². The largest absolute Gasteiger partial charge is 0.493 e. The first-order valence-corrected chi connectivity index (χ1v) is 8.40. The Balaban J connectivity index is 1.77. The normalized spacial score (nSPS) is 11.8. The molecule has 1 atom stereocenters. The second-order valence-electron chi connectivity index (χ2n) is 5.67. The van der Waals surface area contributed by atoms with Gasteiger partial charge < -0.3 is 14.3 Å². The predicted octanol–water partition coefficient (Wildman–Crippen LogP) is 4.41. The Morgan fingerprint density at radius 2 is 2.12 bits per heavy atom. The standard InChI is InChI=1S/C19H22ClNO3/c1-14-12-18(7-5-16(14)4-3-10-22)23-11-9-15(2)24-19-8-6-17(20)13-21-19/h5-8,10,12-13,15H,3-4,9,11H2,1-2H3. The third kappa shape index (κ3) is 5.85. The molecule has 0 aliphatic rings. The predicted molar refractivity (Wildman–Crippen MR) is 95.0 cm³/mol. The molecule has 0 aliphatic heterocycles. The highest BCUT2D eigenvalue weighted by Crippen LogP contribution is 2.19. The molecule has 2 aromatic rings. The molecule has 0 bridgehead atoms. The van der Waals surface area contributed by atoms with E-state index in [1.165, 1.54) is 5.56 Å². The van der Waals surface area contributed by atoms with Crippen LogP contribution in [0.2, 0.25) is 5.02 Å². The molecule has 0 aliphatic carbocycles. The van der Waals surface area contributed by atoms with Crippen molar-refractivity contribution in [1.82, 2.24) is 4.98 Å². The maximum Gasteiger partial charge on any atom is 0.213 e. The van der Waals surface area contributed by atoms with Gasteiger partial charge in [0, 0.05) is 25.1 Å². The van der Waals surface area contributed by atoms with Crippen LogP contribution in [0, 0.1) is 6.92 Å². The molecular formula is C19H22ClNO3. The highest BCUT2D eigenvalue weighted by atomic mass is 35.5. The van der Waals surface area contributed by atoms with Gasteiger partial charge in [-0.3, -0.25) is 0 Å². The van der Waals surface area contributed by atoms with Crippen LogP contribution in [0.15, 0.2) is 36.5 Å². The zero-order chi connectivity index (χ0) is 17.4. The van der Waals surface area contributed by atoms with Gasteiger partial charge in [-0.1, -0.05) is 17.7 Å². The van der Waals surface area contributed by atoms with Gasteiger partial charge in [0.15, 0.2) is 0 Å².